The van der Waals surface area contributed by atoms with E-state index in [2.05, 4.69) is 63.3 Å². The van der Waals surface area contributed by atoms with Crippen molar-refractivity contribution in [2.75, 3.05) is 0 Å². The molecule has 0 aromatic heterocycles. The van der Waals surface area contributed by atoms with Crippen molar-refractivity contribution in [2.45, 2.75) is 31.8 Å². The largest absolute Gasteiger partial charge is 0.185 e. The number of azo groups is 1. The van der Waals surface area contributed by atoms with Crippen LogP contribution in [0.15, 0.2) is 52.7 Å². The Hall–Kier alpha value is -1.44. The van der Waals surface area contributed by atoms with Crippen molar-refractivity contribution < 1.29 is 0 Å². The SMILES string of the molecule is CC1(C)[C@@]2(C)N=N[C@@]1(c1ccccc1)[C@H]1C=C[C@H]12. The molecule has 0 saturated heterocycles. The quantitative estimate of drug-likeness (QED) is 0.662. The van der Waals surface area contributed by atoms with Gasteiger partial charge in [0.15, 0.2) is 0 Å². The summed E-state index contributed by atoms with van der Waals surface area (Å²) in [4.78, 5) is 0. The molecule has 1 fully saturated rings. The van der Waals surface area contributed by atoms with Crippen LogP contribution in [0.25, 0.3) is 0 Å². The van der Waals surface area contributed by atoms with E-state index in [0.717, 1.165) is 0 Å². The number of fused-ring (bicyclic) bond motifs is 5. The van der Waals surface area contributed by atoms with E-state index in [-0.39, 0.29) is 16.5 Å². The van der Waals surface area contributed by atoms with E-state index in [4.69, 9.17) is 10.2 Å². The molecule has 0 radical (unpaired) electrons. The van der Waals surface area contributed by atoms with E-state index in [1.165, 1.54) is 5.56 Å². The van der Waals surface area contributed by atoms with Crippen LogP contribution in [-0.2, 0) is 5.54 Å². The molecular formula is C16H18N2. The standard InChI is InChI=1S/C16H18N2/c1-14(2)15(3)12-9-10-13(12)16(14,18-17-15)11-7-5-4-6-8-11/h4-10,12-13H,1-3H3/t12-,13+,15+,16+/m1/s1. The highest BCUT2D eigenvalue weighted by Crippen LogP contribution is 2.73. The van der Waals surface area contributed by atoms with Crippen LogP contribution in [0.4, 0.5) is 0 Å². The van der Waals surface area contributed by atoms with Crippen LogP contribution in [0.1, 0.15) is 26.3 Å². The summed E-state index contributed by atoms with van der Waals surface area (Å²) < 4.78 is 0. The predicted molar refractivity (Wildman–Crippen MR) is 71.3 cm³/mol. The van der Waals surface area contributed by atoms with Crippen molar-refractivity contribution in [3.05, 3.63) is 48.0 Å². The smallest absolute Gasteiger partial charge is 0.121 e. The van der Waals surface area contributed by atoms with Gasteiger partial charge in [-0.15, -0.1) is 0 Å². The highest BCUT2D eigenvalue weighted by atomic mass is 15.3. The molecule has 1 aromatic rings. The van der Waals surface area contributed by atoms with E-state index < -0.39 is 0 Å². The fraction of sp³-hybridized carbons (Fsp3) is 0.500. The Labute approximate surface area is 108 Å². The van der Waals surface area contributed by atoms with Gasteiger partial charge in [0, 0.05) is 17.3 Å². The first-order valence-electron chi connectivity index (χ1n) is 6.72. The number of hydrogen-bond donors (Lipinski definition) is 0. The monoisotopic (exact) mass is 238 g/mol. The molecule has 1 aliphatic heterocycles. The Bertz CT molecular complexity index is 572. The summed E-state index contributed by atoms with van der Waals surface area (Å²) in [5.74, 6) is 1.09. The molecule has 1 heterocycles. The zero-order valence-corrected chi connectivity index (χ0v) is 11.1. The Morgan fingerprint density at radius 2 is 1.56 bits per heavy atom. The minimum Gasteiger partial charge on any atom is -0.185 e. The minimum absolute atomic E-state index is 0.0394. The van der Waals surface area contributed by atoms with Gasteiger partial charge in [-0.3, -0.25) is 0 Å². The first-order chi connectivity index (χ1) is 8.54. The van der Waals surface area contributed by atoms with Crippen LogP contribution >= 0.6 is 0 Å². The molecule has 0 unspecified atom stereocenters. The van der Waals surface area contributed by atoms with Crippen molar-refractivity contribution in [1.82, 2.24) is 0 Å². The number of benzene rings is 1. The normalized spacial score (nSPS) is 45.9. The van der Waals surface area contributed by atoms with E-state index in [0.29, 0.717) is 11.8 Å². The number of rotatable bonds is 1. The molecule has 2 nitrogen and oxygen atoms in total. The highest BCUT2D eigenvalue weighted by Gasteiger charge is 2.76. The van der Waals surface area contributed by atoms with Gasteiger partial charge in [0.2, 0.25) is 0 Å². The summed E-state index contributed by atoms with van der Waals surface area (Å²) in [5, 5.41) is 9.48. The second-order valence-corrected chi connectivity index (χ2v) is 6.54. The topological polar surface area (TPSA) is 24.7 Å². The van der Waals surface area contributed by atoms with Crippen molar-refractivity contribution in [3.8, 4) is 0 Å². The maximum absolute atomic E-state index is 4.79. The summed E-state index contributed by atoms with van der Waals surface area (Å²) in [6.45, 7) is 6.94. The zero-order valence-electron chi connectivity index (χ0n) is 11.1. The van der Waals surface area contributed by atoms with Gasteiger partial charge < -0.3 is 0 Å². The second kappa shape index (κ2) is 2.76. The van der Waals surface area contributed by atoms with Gasteiger partial charge in [-0.25, -0.2) is 0 Å². The summed E-state index contributed by atoms with van der Waals surface area (Å²) >= 11 is 0. The summed E-state index contributed by atoms with van der Waals surface area (Å²) in [5.41, 5.74) is 1.20. The summed E-state index contributed by atoms with van der Waals surface area (Å²) in [7, 11) is 0. The minimum atomic E-state index is -0.150. The molecule has 2 bridgehead atoms. The second-order valence-electron chi connectivity index (χ2n) is 6.54. The Morgan fingerprint density at radius 1 is 0.889 bits per heavy atom. The average Bonchev–Trinajstić information content (AvgIpc) is 2.55. The third-order valence-corrected chi connectivity index (χ3v) is 5.89. The van der Waals surface area contributed by atoms with Crippen LogP contribution in [-0.4, -0.2) is 5.54 Å². The molecule has 4 atom stereocenters. The van der Waals surface area contributed by atoms with Gasteiger partial charge in [0.05, 0.1) is 5.54 Å². The first-order valence-corrected chi connectivity index (χ1v) is 6.72. The van der Waals surface area contributed by atoms with Gasteiger partial charge in [0.1, 0.15) is 5.54 Å². The Balaban J connectivity index is 2.00. The maximum Gasteiger partial charge on any atom is 0.121 e. The summed E-state index contributed by atoms with van der Waals surface area (Å²) in [6, 6.07) is 10.7. The third-order valence-electron chi connectivity index (χ3n) is 5.89. The van der Waals surface area contributed by atoms with Crippen LogP contribution in [0.3, 0.4) is 0 Å². The van der Waals surface area contributed by atoms with E-state index in [9.17, 15) is 0 Å². The molecule has 1 aromatic carbocycles. The van der Waals surface area contributed by atoms with Crippen molar-refractivity contribution >= 4 is 0 Å². The predicted octanol–water partition coefficient (Wildman–Crippen LogP) is 3.95. The molecule has 0 amide bonds. The van der Waals surface area contributed by atoms with Gasteiger partial charge in [-0.2, -0.15) is 10.2 Å². The maximum atomic E-state index is 4.79. The number of hydrogen-bond acceptors (Lipinski definition) is 2. The van der Waals surface area contributed by atoms with Gasteiger partial charge in [0.25, 0.3) is 0 Å². The average molecular weight is 238 g/mol. The molecule has 2 heteroatoms. The lowest BCUT2D eigenvalue weighted by molar-refractivity contribution is 0.171. The fourth-order valence-corrected chi connectivity index (χ4v) is 4.36. The third kappa shape index (κ3) is 0.781. The first kappa shape index (κ1) is 10.5. The van der Waals surface area contributed by atoms with E-state index in [1.807, 2.05) is 0 Å². The Morgan fingerprint density at radius 3 is 2.11 bits per heavy atom. The molecule has 2 aliphatic carbocycles. The molecule has 4 rings (SSSR count). The van der Waals surface area contributed by atoms with Crippen LogP contribution in [0.5, 0.6) is 0 Å². The number of nitrogens with zero attached hydrogens (tertiary/aromatic N) is 2. The lowest BCUT2D eigenvalue weighted by atomic mass is 9.64. The lowest BCUT2D eigenvalue weighted by Crippen LogP contribution is -2.43. The van der Waals surface area contributed by atoms with E-state index in [1.54, 1.807) is 0 Å². The highest BCUT2D eigenvalue weighted by molar-refractivity contribution is 5.45. The van der Waals surface area contributed by atoms with Crippen LogP contribution < -0.4 is 0 Å². The van der Waals surface area contributed by atoms with Gasteiger partial charge in [-0.1, -0.05) is 56.3 Å². The molecule has 1 saturated carbocycles. The Kier molecular flexibility index (Phi) is 1.61. The molecular weight excluding hydrogens is 220 g/mol. The van der Waals surface area contributed by atoms with Crippen LogP contribution in [0.2, 0.25) is 0 Å². The molecule has 3 aliphatic rings. The summed E-state index contributed by atoms with van der Waals surface area (Å²) in [6.07, 6.45) is 4.66. The van der Waals surface area contributed by atoms with Crippen molar-refractivity contribution in [1.29, 1.82) is 0 Å². The van der Waals surface area contributed by atoms with Gasteiger partial charge in [-0.05, 0) is 12.5 Å². The fourth-order valence-electron chi connectivity index (χ4n) is 4.36. The van der Waals surface area contributed by atoms with Gasteiger partial charge >= 0.3 is 0 Å². The molecule has 0 N–H and O–H groups in total. The van der Waals surface area contributed by atoms with Crippen molar-refractivity contribution in [2.24, 2.45) is 27.5 Å². The van der Waals surface area contributed by atoms with E-state index >= 15 is 0 Å². The molecule has 0 spiro atoms. The lowest BCUT2D eigenvalue weighted by Gasteiger charge is -2.40. The molecule has 92 valence electrons. The van der Waals surface area contributed by atoms with Crippen LogP contribution in [0, 0.1) is 17.3 Å². The molecule has 18 heavy (non-hydrogen) atoms. The zero-order chi connectivity index (χ0) is 12.6. The van der Waals surface area contributed by atoms with Crippen molar-refractivity contribution in [3.63, 3.8) is 0 Å².